The molecule has 106 valence electrons. The highest BCUT2D eigenvalue weighted by atomic mass is 35.5. The Balaban J connectivity index is 0.00000121. The molecule has 20 heavy (non-hydrogen) atoms. The minimum atomic E-state index is 0. The number of nitrogens with zero attached hydrogens (tertiary/aromatic N) is 3. The molecule has 6 heteroatoms. The maximum atomic E-state index is 12.6. The summed E-state index contributed by atoms with van der Waals surface area (Å²) < 4.78 is 1.76. The number of hydrogen-bond donors (Lipinski definition) is 1. The van der Waals surface area contributed by atoms with Gasteiger partial charge in [-0.25, -0.2) is 4.52 Å². The van der Waals surface area contributed by atoms with Crippen LogP contribution < -0.4 is 5.32 Å². The second-order valence-electron chi connectivity index (χ2n) is 5.48. The van der Waals surface area contributed by atoms with E-state index in [2.05, 4.69) is 10.4 Å². The Kier molecular flexibility index (Phi) is 3.40. The zero-order valence-electron chi connectivity index (χ0n) is 11.0. The highest BCUT2D eigenvalue weighted by molar-refractivity contribution is 6.00. The molecule has 0 unspecified atom stereocenters. The van der Waals surface area contributed by atoms with E-state index in [4.69, 9.17) is 0 Å². The SMILES string of the molecule is Cl.O=C(c1cnn2ccccc12)N1C[C@H]2CNC[C@H]2C1. The van der Waals surface area contributed by atoms with Crippen LogP contribution in [0.15, 0.2) is 30.6 Å². The second kappa shape index (κ2) is 5.07. The summed E-state index contributed by atoms with van der Waals surface area (Å²) in [5.41, 5.74) is 1.61. The van der Waals surface area contributed by atoms with E-state index in [1.54, 1.807) is 10.7 Å². The van der Waals surface area contributed by atoms with E-state index < -0.39 is 0 Å². The molecular formula is C14H17ClN4O. The molecule has 2 aliphatic heterocycles. The van der Waals surface area contributed by atoms with Gasteiger partial charge in [0.1, 0.15) is 0 Å². The molecule has 0 aliphatic carbocycles. The van der Waals surface area contributed by atoms with Gasteiger partial charge in [0.15, 0.2) is 0 Å². The lowest BCUT2D eigenvalue weighted by Crippen LogP contribution is -2.31. The van der Waals surface area contributed by atoms with Gasteiger partial charge in [0, 0.05) is 32.4 Å². The van der Waals surface area contributed by atoms with Crippen LogP contribution in [-0.4, -0.2) is 46.6 Å². The molecule has 2 aromatic rings. The standard InChI is InChI=1S/C14H16N4O.ClH/c19-14(17-8-10-5-15-6-11(10)9-17)12-7-16-18-4-2-1-3-13(12)18;/h1-4,7,10-11,15H,5-6,8-9H2;1H/t10-,11+;. The lowest BCUT2D eigenvalue weighted by atomic mass is 10.0. The molecule has 0 radical (unpaired) electrons. The van der Waals surface area contributed by atoms with Crippen molar-refractivity contribution < 1.29 is 4.79 Å². The molecule has 0 aromatic carbocycles. The first-order valence-corrected chi connectivity index (χ1v) is 6.75. The van der Waals surface area contributed by atoms with E-state index in [9.17, 15) is 4.79 Å². The summed E-state index contributed by atoms with van der Waals surface area (Å²) in [5.74, 6) is 1.38. The van der Waals surface area contributed by atoms with Gasteiger partial charge in [0.05, 0.1) is 17.3 Å². The van der Waals surface area contributed by atoms with Crippen molar-refractivity contribution in [2.45, 2.75) is 0 Å². The molecule has 1 amide bonds. The minimum Gasteiger partial charge on any atom is -0.338 e. The normalized spacial score (nSPS) is 24.7. The van der Waals surface area contributed by atoms with Crippen molar-refractivity contribution in [3.8, 4) is 0 Å². The molecule has 0 spiro atoms. The summed E-state index contributed by atoms with van der Waals surface area (Å²) in [5, 5.41) is 7.63. The Labute approximate surface area is 123 Å². The van der Waals surface area contributed by atoms with Gasteiger partial charge in [0.25, 0.3) is 5.91 Å². The number of carbonyl (C=O) groups excluding carboxylic acids is 1. The van der Waals surface area contributed by atoms with E-state index in [1.807, 2.05) is 29.3 Å². The largest absolute Gasteiger partial charge is 0.338 e. The van der Waals surface area contributed by atoms with Crippen molar-refractivity contribution in [3.63, 3.8) is 0 Å². The van der Waals surface area contributed by atoms with Crippen LogP contribution in [0.1, 0.15) is 10.4 Å². The van der Waals surface area contributed by atoms with Crippen molar-refractivity contribution >= 4 is 23.8 Å². The molecule has 4 rings (SSSR count). The third-order valence-electron chi connectivity index (χ3n) is 4.33. The van der Waals surface area contributed by atoms with Crippen LogP contribution in [0.2, 0.25) is 0 Å². The van der Waals surface area contributed by atoms with Crippen molar-refractivity contribution in [1.29, 1.82) is 0 Å². The van der Waals surface area contributed by atoms with Crippen LogP contribution in [-0.2, 0) is 0 Å². The number of carbonyl (C=O) groups is 1. The maximum Gasteiger partial charge on any atom is 0.257 e. The van der Waals surface area contributed by atoms with Gasteiger partial charge >= 0.3 is 0 Å². The number of rotatable bonds is 1. The number of aromatic nitrogens is 2. The number of fused-ring (bicyclic) bond motifs is 2. The minimum absolute atomic E-state index is 0. The molecule has 5 nitrogen and oxygen atoms in total. The molecule has 0 saturated carbocycles. The molecule has 4 heterocycles. The third-order valence-corrected chi connectivity index (χ3v) is 4.33. The average molecular weight is 293 g/mol. The zero-order chi connectivity index (χ0) is 12.8. The first-order valence-electron chi connectivity index (χ1n) is 6.75. The number of nitrogens with one attached hydrogen (secondary N) is 1. The van der Waals surface area contributed by atoms with Gasteiger partial charge in [-0.05, 0) is 24.0 Å². The van der Waals surface area contributed by atoms with Crippen LogP contribution in [0.25, 0.3) is 5.52 Å². The fraction of sp³-hybridized carbons (Fsp3) is 0.429. The number of likely N-dealkylation sites (tertiary alicyclic amines) is 1. The van der Waals surface area contributed by atoms with Gasteiger partial charge < -0.3 is 10.2 Å². The van der Waals surface area contributed by atoms with Gasteiger partial charge in [-0.1, -0.05) is 6.07 Å². The second-order valence-corrected chi connectivity index (χ2v) is 5.48. The van der Waals surface area contributed by atoms with Crippen molar-refractivity contribution in [3.05, 3.63) is 36.2 Å². The van der Waals surface area contributed by atoms with Crippen LogP contribution in [0.3, 0.4) is 0 Å². The smallest absolute Gasteiger partial charge is 0.257 e. The van der Waals surface area contributed by atoms with Gasteiger partial charge in [-0.3, -0.25) is 4.79 Å². The third kappa shape index (κ3) is 1.98. The Hall–Kier alpha value is -1.59. The quantitative estimate of drug-likeness (QED) is 0.855. The number of amides is 1. The Bertz CT molecular complexity index is 629. The predicted molar refractivity (Wildman–Crippen MR) is 78.2 cm³/mol. The van der Waals surface area contributed by atoms with Crippen molar-refractivity contribution in [2.24, 2.45) is 11.8 Å². The summed E-state index contributed by atoms with van der Waals surface area (Å²) in [6.07, 6.45) is 3.55. The fourth-order valence-corrected chi connectivity index (χ4v) is 3.29. The first-order chi connectivity index (χ1) is 9.33. The zero-order valence-corrected chi connectivity index (χ0v) is 11.8. The summed E-state index contributed by atoms with van der Waals surface area (Å²) in [4.78, 5) is 14.6. The fourth-order valence-electron chi connectivity index (χ4n) is 3.29. The Morgan fingerprint density at radius 3 is 2.75 bits per heavy atom. The molecule has 2 saturated heterocycles. The number of halogens is 1. The van der Waals surface area contributed by atoms with Crippen LogP contribution in [0.5, 0.6) is 0 Å². The van der Waals surface area contributed by atoms with Gasteiger partial charge in [0.2, 0.25) is 0 Å². The molecule has 0 bridgehead atoms. The van der Waals surface area contributed by atoms with Gasteiger partial charge in [-0.15, -0.1) is 12.4 Å². The highest BCUT2D eigenvalue weighted by Gasteiger charge is 2.38. The van der Waals surface area contributed by atoms with Crippen LogP contribution >= 0.6 is 12.4 Å². The van der Waals surface area contributed by atoms with E-state index in [0.717, 1.165) is 31.7 Å². The number of pyridine rings is 1. The molecule has 2 fully saturated rings. The van der Waals surface area contributed by atoms with E-state index in [0.29, 0.717) is 17.4 Å². The molecule has 1 N–H and O–H groups in total. The average Bonchev–Trinajstić information content (AvgIpc) is 3.11. The topological polar surface area (TPSA) is 49.6 Å². The molecule has 2 aliphatic rings. The van der Waals surface area contributed by atoms with Crippen molar-refractivity contribution in [1.82, 2.24) is 19.8 Å². The molecule has 2 atom stereocenters. The first kappa shape index (κ1) is 13.4. The predicted octanol–water partition coefficient (Wildman–Crippen LogP) is 1.05. The lowest BCUT2D eigenvalue weighted by Gasteiger charge is -2.16. The van der Waals surface area contributed by atoms with Gasteiger partial charge in [-0.2, -0.15) is 5.10 Å². The summed E-state index contributed by atoms with van der Waals surface area (Å²) >= 11 is 0. The van der Waals surface area contributed by atoms with Crippen molar-refractivity contribution in [2.75, 3.05) is 26.2 Å². The van der Waals surface area contributed by atoms with E-state index in [-0.39, 0.29) is 18.3 Å². The van der Waals surface area contributed by atoms with E-state index >= 15 is 0 Å². The summed E-state index contributed by atoms with van der Waals surface area (Å²) in [6, 6.07) is 5.80. The molecule has 2 aromatic heterocycles. The summed E-state index contributed by atoms with van der Waals surface area (Å²) in [7, 11) is 0. The summed E-state index contributed by atoms with van der Waals surface area (Å²) in [6.45, 7) is 3.84. The van der Waals surface area contributed by atoms with Crippen LogP contribution in [0.4, 0.5) is 0 Å². The number of hydrogen-bond acceptors (Lipinski definition) is 3. The van der Waals surface area contributed by atoms with Crippen LogP contribution in [0, 0.1) is 11.8 Å². The monoisotopic (exact) mass is 292 g/mol. The maximum absolute atomic E-state index is 12.6. The molecular weight excluding hydrogens is 276 g/mol. The lowest BCUT2D eigenvalue weighted by molar-refractivity contribution is 0.0783. The Morgan fingerprint density at radius 2 is 2.00 bits per heavy atom. The van der Waals surface area contributed by atoms with E-state index in [1.165, 1.54) is 0 Å². The highest BCUT2D eigenvalue weighted by Crippen LogP contribution is 2.28. The Morgan fingerprint density at radius 1 is 1.25 bits per heavy atom.